The predicted octanol–water partition coefficient (Wildman–Crippen LogP) is 7.08. The van der Waals surface area contributed by atoms with Gasteiger partial charge in [-0.1, -0.05) is 91.5 Å². The summed E-state index contributed by atoms with van der Waals surface area (Å²) in [6.07, 6.45) is 5.68. The third kappa shape index (κ3) is 3.87. The van der Waals surface area contributed by atoms with Gasteiger partial charge in [0.1, 0.15) is 0 Å². The molecule has 0 saturated carbocycles. The van der Waals surface area contributed by atoms with E-state index in [0.717, 1.165) is 11.1 Å². The van der Waals surface area contributed by atoms with E-state index >= 15 is 0 Å². The Kier molecular flexibility index (Phi) is 5.11. The van der Waals surface area contributed by atoms with Crippen LogP contribution in [0.3, 0.4) is 0 Å². The largest absolute Gasteiger partial charge is 0.0990 e. The average molecular weight is 322 g/mol. The van der Waals surface area contributed by atoms with Gasteiger partial charge in [0.2, 0.25) is 0 Å². The molecule has 122 valence electrons. The summed E-state index contributed by atoms with van der Waals surface area (Å²) in [7, 11) is 0. The lowest BCUT2D eigenvalue weighted by molar-refractivity contribution is 1.46. The monoisotopic (exact) mass is 322 g/mol. The predicted molar refractivity (Wildman–Crippen MR) is 110 cm³/mol. The van der Waals surface area contributed by atoms with Gasteiger partial charge < -0.3 is 0 Å². The number of rotatable bonds is 5. The van der Waals surface area contributed by atoms with Crippen molar-refractivity contribution in [2.75, 3.05) is 0 Å². The zero-order chi connectivity index (χ0) is 17.6. The number of allylic oxidation sites excluding steroid dienone is 4. The van der Waals surface area contributed by atoms with Crippen LogP contribution in [0.4, 0.5) is 0 Å². The van der Waals surface area contributed by atoms with E-state index in [1.165, 1.54) is 27.8 Å². The second-order valence-corrected chi connectivity index (χ2v) is 6.09. The van der Waals surface area contributed by atoms with Crippen LogP contribution < -0.4 is 0 Å². The maximum absolute atomic E-state index is 3.96. The molecule has 0 unspecified atom stereocenters. The fourth-order valence-corrected chi connectivity index (χ4v) is 2.91. The Morgan fingerprint density at radius 3 is 1.88 bits per heavy atom. The molecule has 25 heavy (non-hydrogen) atoms. The van der Waals surface area contributed by atoms with Gasteiger partial charge in [0.15, 0.2) is 0 Å². The Hall–Kier alpha value is -3.12. The molecule has 0 bridgehead atoms. The summed E-state index contributed by atoms with van der Waals surface area (Å²) in [5.41, 5.74) is 8.31. The molecule has 0 heteroatoms. The second kappa shape index (κ2) is 7.63. The van der Waals surface area contributed by atoms with Crippen molar-refractivity contribution in [3.8, 4) is 22.3 Å². The molecule has 0 saturated heterocycles. The van der Waals surface area contributed by atoms with Crippen molar-refractivity contribution < 1.29 is 0 Å². The van der Waals surface area contributed by atoms with Gasteiger partial charge in [0.05, 0.1) is 0 Å². The van der Waals surface area contributed by atoms with Gasteiger partial charge in [0, 0.05) is 0 Å². The van der Waals surface area contributed by atoms with E-state index in [0.29, 0.717) is 0 Å². The Bertz CT molecular complexity index is 910. The Balaban J connectivity index is 2.21. The molecule has 0 aromatic heterocycles. The van der Waals surface area contributed by atoms with Gasteiger partial charge >= 0.3 is 0 Å². The minimum absolute atomic E-state index is 1.07. The highest BCUT2D eigenvalue weighted by Crippen LogP contribution is 2.31. The molecule has 0 radical (unpaired) electrons. The van der Waals surface area contributed by atoms with Crippen LogP contribution in [-0.2, 0) is 0 Å². The zero-order valence-corrected chi connectivity index (χ0v) is 14.6. The van der Waals surface area contributed by atoms with Crippen molar-refractivity contribution in [2.24, 2.45) is 0 Å². The maximum Gasteiger partial charge on any atom is -0.0172 e. The van der Waals surface area contributed by atoms with E-state index in [9.17, 15) is 0 Å². The minimum Gasteiger partial charge on any atom is -0.0990 e. The van der Waals surface area contributed by atoms with Crippen molar-refractivity contribution in [3.05, 3.63) is 115 Å². The van der Waals surface area contributed by atoms with Crippen molar-refractivity contribution >= 4 is 5.57 Å². The molecule has 0 amide bonds. The first kappa shape index (κ1) is 16.7. The van der Waals surface area contributed by atoms with E-state index in [-0.39, 0.29) is 0 Å². The van der Waals surface area contributed by atoms with Crippen LogP contribution in [0.15, 0.2) is 104 Å². The normalized spacial score (nSPS) is 11.2. The van der Waals surface area contributed by atoms with Crippen molar-refractivity contribution in [2.45, 2.75) is 6.92 Å². The van der Waals surface area contributed by atoms with Crippen molar-refractivity contribution in [1.29, 1.82) is 0 Å². The molecule has 3 aromatic rings. The summed E-state index contributed by atoms with van der Waals surface area (Å²) in [6, 6.07) is 25.8. The fraction of sp³-hybridized carbons (Fsp3) is 0.0400. The summed E-state index contributed by atoms with van der Waals surface area (Å²) in [5.74, 6) is 0. The number of hydrogen-bond donors (Lipinski definition) is 0. The van der Waals surface area contributed by atoms with E-state index in [2.05, 4.69) is 86.8 Å². The first-order valence-electron chi connectivity index (χ1n) is 8.44. The third-order valence-electron chi connectivity index (χ3n) is 4.28. The number of aryl methyl sites for hydroxylation is 1. The van der Waals surface area contributed by atoms with Gasteiger partial charge in [-0.2, -0.15) is 0 Å². The Morgan fingerprint density at radius 2 is 1.32 bits per heavy atom. The lowest BCUT2D eigenvalue weighted by atomic mass is 9.93. The number of hydrogen-bond acceptors (Lipinski definition) is 0. The zero-order valence-electron chi connectivity index (χ0n) is 14.6. The molecule has 3 aromatic carbocycles. The molecular weight excluding hydrogens is 300 g/mol. The summed E-state index contributed by atoms with van der Waals surface area (Å²) in [6.45, 7) is 9.89. The minimum atomic E-state index is 1.07. The molecule has 0 spiro atoms. The highest BCUT2D eigenvalue weighted by Gasteiger charge is 2.07. The SMILES string of the molecule is C=C/C=C(\C=C)c1cc(-c2ccccc2)cc(-c2ccc(C)cc2)c1. The smallest absolute Gasteiger partial charge is 0.0172 e. The molecule has 0 N–H and O–H groups in total. The van der Waals surface area contributed by atoms with E-state index in [4.69, 9.17) is 0 Å². The van der Waals surface area contributed by atoms with Crippen LogP contribution in [0.5, 0.6) is 0 Å². The summed E-state index contributed by atoms with van der Waals surface area (Å²) >= 11 is 0. The van der Waals surface area contributed by atoms with Crippen LogP contribution in [0.25, 0.3) is 27.8 Å². The van der Waals surface area contributed by atoms with E-state index < -0.39 is 0 Å². The molecule has 0 heterocycles. The van der Waals surface area contributed by atoms with Crippen LogP contribution >= 0.6 is 0 Å². The summed E-state index contributed by atoms with van der Waals surface area (Å²) in [5, 5.41) is 0. The highest BCUT2D eigenvalue weighted by molar-refractivity contribution is 5.83. The molecule has 0 aliphatic heterocycles. The summed E-state index contributed by atoms with van der Waals surface area (Å²) < 4.78 is 0. The van der Waals surface area contributed by atoms with Gasteiger partial charge in [-0.15, -0.1) is 0 Å². The maximum atomic E-state index is 3.96. The van der Waals surface area contributed by atoms with Crippen molar-refractivity contribution in [1.82, 2.24) is 0 Å². The molecule has 0 fully saturated rings. The van der Waals surface area contributed by atoms with Crippen LogP contribution in [0.1, 0.15) is 11.1 Å². The lowest BCUT2D eigenvalue weighted by Gasteiger charge is -2.12. The average Bonchev–Trinajstić information content (AvgIpc) is 2.67. The van der Waals surface area contributed by atoms with E-state index in [1.807, 2.05) is 18.2 Å². The molecule has 0 aliphatic rings. The first-order chi connectivity index (χ1) is 12.2. The van der Waals surface area contributed by atoms with Crippen LogP contribution in [-0.4, -0.2) is 0 Å². The third-order valence-corrected chi connectivity index (χ3v) is 4.28. The van der Waals surface area contributed by atoms with Gasteiger partial charge in [-0.05, 0) is 58.5 Å². The van der Waals surface area contributed by atoms with Crippen LogP contribution in [0.2, 0.25) is 0 Å². The van der Waals surface area contributed by atoms with Gasteiger partial charge in [0.25, 0.3) is 0 Å². The first-order valence-corrected chi connectivity index (χ1v) is 8.44. The van der Waals surface area contributed by atoms with Gasteiger partial charge in [-0.3, -0.25) is 0 Å². The topological polar surface area (TPSA) is 0 Å². The highest BCUT2D eigenvalue weighted by atomic mass is 14.1. The fourth-order valence-electron chi connectivity index (χ4n) is 2.91. The standard InChI is InChI=1S/C25H22/c1-4-9-20(5-2)23-16-24(21-10-7-6-8-11-21)18-25(17-23)22-14-12-19(3)13-15-22/h4-18H,1-2H2,3H3/b20-9+. The molecule has 0 aliphatic carbocycles. The summed E-state index contributed by atoms with van der Waals surface area (Å²) in [4.78, 5) is 0. The lowest BCUT2D eigenvalue weighted by Crippen LogP contribution is -1.88. The van der Waals surface area contributed by atoms with Gasteiger partial charge in [-0.25, -0.2) is 0 Å². The molecule has 3 rings (SSSR count). The Morgan fingerprint density at radius 1 is 0.720 bits per heavy atom. The molecule has 0 nitrogen and oxygen atoms in total. The van der Waals surface area contributed by atoms with Crippen LogP contribution in [0, 0.1) is 6.92 Å². The molecule has 0 atom stereocenters. The quantitative estimate of drug-likeness (QED) is 0.440. The van der Waals surface area contributed by atoms with Crippen molar-refractivity contribution in [3.63, 3.8) is 0 Å². The Labute approximate surface area is 150 Å². The second-order valence-electron chi connectivity index (χ2n) is 6.09. The molecular formula is C25H22. The van der Waals surface area contributed by atoms with E-state index in [1.54, 1.807) is 6.08 Å². The number of benzene rings is 3.